The van der Waals surface area contributed by atoms with Crippen LogP contribution in [0.25, 0.3) is 11.5 Å². The standard InChI is InChI=1S/C15H16F3NO2/c1-9(2)13-12(7-8-20)21-14(19-13)10-3-5-11(6-4-10)15(16,17)18/h3-6,9,20H,7-8H2,1-2H3. The summed E-state index contributed by atoms with van der Waals surface area (Å²) in [5, 5.41) is 9.02. The molecule has 0 aliphatic carbocycles. The van der Waals surface area contributed by atoms with Crippen LogP contribution in [0, 0.1) is 0 Å². The van der Waals surface area contributed by atoms with Gasteiger partial charge in [0.1, 0.15) is 5.76 Å². The van der Waals surface area contributed by atoms with E-state index >= 15 is 0 Å². The zero-order chi connectivity index (χ0) is 15.6. The minimum Gasteiger partial charge on any atom is -0.441 e. The van der Waals surface area contributed by atoms with Crippen molar-refractivity contribution in [2.45, 2.75) is 32.4 Å². The Kier molecular flexibility index (Phi) is 4.37. The number of rotatable bonds is 4. The summed E-state index contributed by atoms with van der Waals surface area (Å²) in [6.45, 7) is 3.81. The summed E-state index contributed by atoms with van der Waals surface area (Å²) in [6.07, 6.45) is -4.03. The van der Waals surface area contributed by atoms with Gasteiger partial charge in [0.05, 0.1) is 17.9 Å². The van der Waals surface area contributed by atoms with E-state index in [0.29, 0.717) is 17.7 Å². The predicted molar refractivity (Wildman–Crippen MR) is 71.8 cm³/mol. The van der Waals surface area contributed by atoms with Crippen molar-refractivity contribution in [3.8, 4) is 11.5 Å². The Morgan fingerprint density at radius 3 is 2.29 bits per heavy atom. The normalized spacial score (nSPS) is 12.1. The molecule has 3 nitrogen and oxygen atoms in total. The minimum absolute atomic E-state index is 0.0681. The molecule has 0 unspecified atom stereocenters. The van der Waals surface area contributed by atoms with Crippen LogP contribution in [0.1, 0.15) is 36.8 Å². The van der Waals surface area contributed by atoms with Gasteiger partial charge in [0.25, 0.3) is 0 Å². The maximum absolute atomic E-state index is 12.5. The van der Waals surface area contributed by atoms with E-state index in [1.807, 2.05) is 13.8 Å². The zero-order valence-corrected chi connectivity index (χ0v) is 11.7. The summed E-state index contributed by atoms with van der Waals surface area (Å²) < 4.78 is 43.2. The molecule has 2 aromatic rings. The first-order valence-corrected chi connectivity index (χ1v) is 6.61. The van der Waals surface area contributed by atoms with E-state index in [0.717, 1.165) is 17.8 Å². The lowest BCUT2D eigenvalue weighted by Crippen LogP contribution is -2.03. The second-order valence-corrected chi connectivity index (χ2v) is 5.03. The number of alkyl halides is 3. The average molecular weight is 299 g/mol. The highest BCUT2D eigenvalue weighted by Gasteiger charge is 2.30. The number of hydrogen-bond donors (Lipinski definition) is 1. The van der Waals surface area contributed by atoms with Crippen molar-refractivity contribution in [2.24, 2.45) is 0 Å². The number of nitrogens with zero attached hydrogens (tertiary/aromatic N) is 1. The quantitative estimate of drug-likeness (QED) is 0.927. The average Bonchev–Trinajstić information content (AvgIpc) is 2.82. The first-order valence-electron chi connectivity index (χ1n) is 6.61. The Hall–Kier alpha value is -1.82. The van der Waals surface area contributed by atoms with Crippen molar-refractivity contribution in [1.29, 1.82) is 0 Å². The summed E-state index contributed by atoms with van der Waals surface area (Å²) in [5.74, 6) is 0.955. The predicted octanol–water partition coefficient (Wildman–Crippen LogP) is 4.02. The van der Waals surface area contributed by atoms with Crippen molar-refractivity contribution in [2.75, 3.05) is 6.61 Å². The van der Waals surface area contributed by atoms with Crippen molar-refractivity contribution in [1.82, 2.24) is 4.98 Å². The maximum Gasteiger partial charge on any atom is 0.416 e. The summed E-state index contributed by atoms with van der Waals surface area (Å²) in [4.78, 5) is 4.33. The van der Waals surface area contributed by atoms with Crippen molar-refractivity contribution in [3.05, 3.63) is 41.3 Å². The van der Waals surface area contributed by atoms with Gasteiger partial charge < -0.3 is 9.52 Å². The maximum atomic E-state index is 12.5. The fraction of sp³-hybridized carbons (Fsp3) is 0.400. The Morgan fingerprint density at radius 1 is 1.19 bits per heavy atom. The molecule has 0 aliphatic heterocycles. The van der Waals surface area contributed by atoms with Crippen LogP contribution < -0.4 is 0 Å². The highest BCUT2D eigenvalue weighted by atomic mass is 19.4. The van der Waals surface area contributed by atoms with E-state index in [9.17, 15) is 13.2 Å². The first-order chi connectivity index (χ1) is 9.82. The van der Waals surface area contributed by atoms with Crippen LogP contribution in [0.15, 0.2) is 28.7 Å². The number of halogens is 3. The van der Waals surface area contributed by atoms with Gasteiger partial charge in [-0.1, -0.05) is 13.8 Å². The molecular weight excluding hydrogens is 283 g/mol. The third-order valence-corrected chi connectivity index (χ3v) is 3.07. The highest BCUT2D eigenvalue weighted by molar-refractivity contribution is 5.54. The van der Waals surface area contributed by atoms with E-state index in [1.165, 1.54) is 12.1 Å². The minimum atomic E-state index is -4.36. The second kappa shape index (κ2) is 5.89. The van der Waals surface area contributed by atoms with Crippen LogP contribution in [0.3, 0.4) is 0 Å². The second-order valence-electron chi connectivity index (χ2n) is 5.03. The molecule has 6 heteroatoms. The van der Waals surface area contributed by atoms with Crippen LogP contribution >= 0.6 is 0 Å². The van der Waals surface area contributed by atoms with E-state index in [1.54, 1.807) is 0 Å². The number of aliphatic hydroxyl groups is 1. The van der Waals surface area contributed by atoms with Gasteiger partial charge in [0.15, 0.2) is 0 Å². The van der Waals surface area contributed by atoms with Gasteiger partial charge >= 0.3 is 6.18 Å². The van der Waals surface area contributed by atoms with Crippen LogP contribution in [0.4, 0.5) is 13.2 Å². The van der Waals surface area contributed by atoms with Crippen LogP contribution in [-0.4, -0.2) is 16.7 Å². The molecular formula is C15H16F3NO2. The lowest BCUT2D eigenvalue weighted by Gasteiger charge is -2.06. The Labute approximate surface area is 120 Å². The number of hydrogen-bond acceptors (Lipinski definition) is 3. The van der Waals surface area contributed by atoms with Gasteiger partial charge in [-0.05, 0) is 30.2 Å². The van der Waals surface area contributed by atoms with E-state index < -0.39 is 11.7 Å². The third-order valence-electron chi connectivity index (χ3n) is 3.07. The Morgan fingerprint density at radius 2 is 1.81 bits per heavy atom. The summed E-state index contributed by atoms with van der Waals surface area (Å²) in [6, 6.07) is 4.67. The molecule has 0 saturated carbocycles. The largest absolute Gasteiger partial charge is 0.441 e. The topological polar surface area (TPSA) is 46.3 Å². The van der Waals surface area contributed by atoms with Gasteiger partial charge in [-0.2, -0.15) is 13.2 Å². The summed E-state index contributed by atoms with van der Waals surface area (Å²) in [5.41, 5.74) is 0.491. The number of oxazole rings is 1. The van der Waals surface area contributed by atoms with Gasteiger partial charge in [0, 0.05) is 12.0 Å². The smallest absolute Gasteiger partial charge is 0.416 e. The molecule has 0 atom stereocenters. The molecule has 1 aromatic carbocycles. The molecule has 0 bridgehead atoms. The lowest BCUT2D eigenvalue weighted by atomic mass is 10.1. The number of benzene rings is 1. The van der Waals surface area contributed by atoms with Gasteiger partial charge in [-0.25, -0.2) is 4.98 Å². The van der Waals surface area contributed by atoms with Gasteiger partial charge in [-0.15, -0.1) is 0 Å². The van der Waals surface area contributed by atoms with Crippen LogP contribution in [0.5, 0.6) is 0 Å². The molecule has 1 heterocycles. The van der Waals surface area contributed by atoms with Crippen molar-refractivity contribution >= 4 is 0 Å². The molecule has 0 radical (unpaired) electrons. The zero-order valence-electron chi connectivity index (χ0n) is 11.7. The molecule has 0 spiro atoms. The molecule has 21 heavy (non-hydrogen) atoms. The van der Waals surface area contributed by atoms with Gasteiger partial charge in [-0.3, -0.25) is 0 Å². The highest BCUT2D eigenvalue weighted by Crippen LogP contribution is 2.32. The van der Waals surface area contributed by atoms with Crippen molar-refractivity contribution < 1.29 is 22.7 Å². The molecule has 2 rings (SSSR count). The molecule has 0 fully saturated rings. The molecule has 0 aliphatic rings. The number of aliphatic hydroxyl groups excluding tert-OH is 1. The van der Waals surface area contributed by atoms with Crippen LogP contribution in [-0.2, 0) is 12.6 Å². The molecule has 1 aromatic heterocycles. The Bertz CT molecular complexity index is 600. The van der Waals surface area contributed by atoms with Crippen LogP contribution in [0.2, 0.25) is 0 Å². The summed E-state index contributed by atoms with van der Waals surface area (Å²) in [7, 11) is 0. The van der Waals surface area contributed by atoms with E-state index in [2.05, 4.69) is 4.98 Å². The lowest BCUT2D eigenvalue weighted by molar-refractivity contribution is -0.137. The SMILES string of the molecule is CC(C)c1nc(-c2ccc(C(F)(F)F)cc2)oc1CCO. The monoisotopic (exact) mass is 299 g/mol. The third kappa shape index (κ3) is 3.44. The fourth-order valence-electron chi connectivity index (χ4n) is 2.02. The summed E-state index contributed by atoms with van der Waals surface area (Å²) >= 11 is 0. The number of aromatic nitrogens is 1. The first kappa shape index (κ1) is 15.6. The Balaban J connectivity index is 2.36. The molecule has 0 amide bonds. The van der Waals surface area contributed by atoms with Crippen molar-refractivity contribution in [3.63, 3.8) is 0 Å². The molecule has 0 saturated heterocycles. The van der Waals surface area contributed by atoms with Gasteiger partial charge in [0.2, 0.25) is 5.89 Å². The van der Waals surface area contributed by atoms with E-state index in [4.69, 9.17) is 9.52 Å². The van der Waals surface area contributed by atoms with E-state index in [-0.39, 0.29) is 18.4 Å². The molecule has 114 valence electrons. The molecule has 1 N–H and O–H groups in total. The fourth-order valence-corrected chi connectivity index (χ4v) is 2.02.